The predicted octanol–water partition coefficient (Wildman–Crippen LogP) is 2.12. The quantitative estimate of drug-likeness (QED) is 0.903. The summed E-state index contributed by atoms with van der Waals surface area (Å²) in [5, 5.41) is 3.42. The summed E-state index contributed by atoms with van der Waals surface area (Å²) in [4.78, 5) is 2.25. The zero-order chi connectivity index (χ0) is 13.8. The number of morpholine rings is 1. The van der Waals surface area contributed by atoms with Crippen LogP contribution in [0.2, 0.25) is 0 Å². The van der Waals surface area contributed by atoms with Gasteiger partial charge in [-0.05, 0) is 37.7 Å². The number of hydrogen-bond acceptors (Lipinski definition) is 3. The molecule has 0 aromatic heterocycles. The Morgan fingerprint density at radius 3 is 2.95 bits per heavy atom. The third kappa shape index (κ3) is 3.53. The summed E-state index contributed by atoms with van der Waals surface area (Å²) < 4.78 is 19.6. The van der Waals surface area contributed by atoms with Crippen molar-refractivity contribution in [3.63, 3.8) is 0 Å². The van der Waals surface area contributed by atoms with Crippen LogP contribution in [-0.2, 0) is 4.74 Å². The van der Waals surface area contributed by atoms with Gasteiger partial charge in [0.1, 0.15) is 5.82 Å². The Hall–Kier alpha value is -0.970. The van der Waals surface area contributed by atoms with Gasteiger partial charge in [-0.15, -0.1) is 0 Å². The summed E-state index contributed by atoms with van der Waals surface area (Å²) in [6, 6.07) is 5.49. The number of nitrogens with one attached hydrogen (secondary N) is 1. The molecule has 1 aromatic rings. The molecule has 3 nitrogen and oxygen atoms in total. The molecule has 1 fully saturated rings. The first-order chi connectivity index (χ1) is 9.11. The van der Waals surface area contributed by atoms with Crippen LogP contribution < -0.4 is 5.32 Å². The molecule has 4 heteroatoms. The maximum absolute atomic E-state index is 13.7. The first-order valence-electron chi connectivity index (χ1n) is 6.91. The topological polar surface area (TPSA) is 24.5 Å². The van der Waals surface area contributed by atoms with E-state index in [0.717, 1.165) is 31.8 Å². The van der Waals surface area contributed by atoms with Crippen molar-refractivity contribution >= 4 is 0 Å². The second-order valence-corrected chi connectivity index (χ2v) is 5.22. The van der Waals surface area contributed by atoms with Crippen molar-refractivity contribution in [3.05, 3.63) is 35.1 Å². The lowest BCUT2D eigenvalue weighted by atomic mass is 9.98. The summed E-state index contributed by atoms with van der Waals surface area (Å²) in [7, 11) is 2.09. The van der Waals surface area contributed by atoms with Crippen molar-refractivity contribution in [2.24, 2.45) is 0 Å². The first-order valence-corrected chi connectivity index (χ1v) is 6.91. The first kappa shape index (κ1) is 14.4. The van der Waals surface area contributed by atoms with Gasteiger partial charge < -0.3 is 15.0 Å². The van der Waals surface area contributed by atoms with Gasteiger partial charge in [0.2, 0.25) is 0 Å². The second-order valence-electron chi connectivity index (χ2n) is 5.22. The molecule has 19 heavy (non-hydrogen) atoms. The Balaban J connectivity index is 2.20. The molecular weight excluding hydrogens is 243 g/mol. The molecule has 0 saturated carbocycles. The third-order valence-electron chi connectivity index (χ3n) is 3.65. The zero-order valence-electron chi connectivity index (χ0n) is 11.9. The Kier molecular flexibility index (Phi) is 4.91. The molecule has 0 spiro atoms. The molecule has 0 amide bonds. The minimum Gasteiger partial charge on any atom is -0.374 e. The molecule has 0 radical (unpaired) electrons. The molecule has 2 atom stereocenters. The zero-order valence-corrected chi connectivity index (χ0v) is 11.9. The molecule has 0 bridgehead atoms. The highest BCUT2D eigenvalue weighted by Gasteiger charge is 2.27. The fourth-order valence-corrected chi connectivity index (χ4v) is 2.50. The van der Waals surface area contributed by atoms with E-state index in [1.807, 2.05) is 12.1 Å². The largest absolute Gasteiger partial charge is 0.374 e. The molecule has 0 aliphatic carbocycles. The number of halogens is 1. The number of benzene rings is 1. The summed E-state index contributed by atoms with van der Waals surface area (Å²) in [6.07, 6.45) is 0.0702. The van der Waals surface area contributed by atoms with Crippen molar-refractivity contribution in [2.45, 2.75) is 26.0 Å². The van der Waals surface area contributed by atoms with Crippen LogP contribution in [0.15, 0.2) is 18.2 Å². The standard InChI is InChI=1S/C15H23FN2O/c1-4-17-15(14-10-18(3)7-8-19-14)12-6-5-11(2)13(16)9-12/h5-6,9,14-15,17H,4,7-8,10H2,1-3H3. The lowest BCUT2D eigenvalue weighted by Crippen LogP contribution is -2.46. The van der Waals surface area contributed by atoms with Gasteiger partial charge in [-0.3, -0.25) is 0 Å². The summed E-state index contributed by atoms with van der Waals surface area (Å²) in [5.41, 5.74) is 1.64. The molecule has 1 aliphatic heterocycles. The number of rotatable bonds is 4. The molecule has 1 aliphatic rings. The molecule has 106 valence electrons. The summed E-state index contributed by atoms with van der Waals surface area (Å²) in [5.74, 6) is -0.149. The van der Waals surface area contributed by atoms with Crippen LogP contribution in [0, 0.1) is 12.7 Å². The minimum absolute atomic E-state index is 0.0443. The Morgan fingerprint density at radius 1 is 1.53 bits per heavy atom. The summed E-state index contributed by atoms with van der Waals surface area (Å²) >= 11 is 0. The monoisotopic (exact) mass is 266 g/mol. The van der Waals surface area contributed by atoms with Crippen molar-refractivity contribution in [2.75, 3.05) is 33.3 Å². The molecule has 1 heterocycles. The maximum atomic E-state index is 13.7. The average molecular weight is 266 g/mol. The Morgan fingerprint density at radius 2 is 2.32 bits per heavy atom. The second kappa shape index (κ2) is 6.46. The van der Waals surface area contributed by atoms with Gasteiger partial charge in [0.25, 0.3) is 0 Å². The fourth-order valence-electron chi connectivity index (χ4n) is 2.50. The SMILES string of the molecule is CCNC(c1ccc(C)c(F)c1)C1CN(C)CCO1. The number of hydrogen-bond donors (Lipinski definition) is 1. The smallest absolute Gasteiger partial charge is 0.126 e. The van der Waals surface area contributed by atoms with Gasteiger partial charge in [0.15, 0.2) is 0 Å². The highest BCUT2D eigenvalue weighted by atomic mass is 19.1. The minimum atomic E-state index is -0.149. The van der Waals surface area contributed by atoms with Crippen LogP contribution in [-0.4, -0.2) is 44.3 Å². The molecule has 2 rings (SSSR count). The number of ether oxygens (including phenoxy) is 1. The fraction of sp³-hybridized carbons (Fsp3) is 0.600. The van der Waals surface area contributed by atoms with E-state index in [4.69, 9.17) is 4.74 Å². The molecule has 1 aromatic carbocycles. The van der Waals surface area contributed by atoms with Gasteiger partial charge in [0, 0.05) is 13.1 Å². The van der Waals surface area contributed by atoms with Crippen LogP contribution in [0.1, 0.15) is 24.1 Å². The Bertz CT molecular complexity index is 425. The molecule has 2 unspecified atom stereocenters. The van der Waals surface area contributed by atoms with Crippen LogP contribution in [0.3, 0.4) is 0 Å². The highest BCUT2D eigenvalue weighted by Crippen LogP contribution is 2.23. The number of nitrogens with zero attached hydrogens (tertiary/aromatic N) is 1. The van der Waals surface area contributed by atoms with E-state index in [1.165, 1.54) is 0 Å². The average Bonchev–Trinajstić information content (AvgIpc) is 2.39. The normalized spacial score (nSPS) is 22.4. The third-order valence-corrected chi connectivity index (χ3v) is 3.65. The van der Waals surface area contributed by atoms with Crippen molar-refractivity contribution in [3.8, 4) is 0 Å². The van der Waals surface area contributed by atoms with Crippen LogP contribution in [0.25, 0.3) is 0 Å². The highest BCUT2D eigenvalue weighted by molar-refractivity contribution is 5.26. The lowest BCUT2D eigenvalue weighted by Gasteiger charge is -2.35. The Labute approximate surface area is 114 Å². The van der Waals surface area contributed by atoms with Gasteiger partial charge in [0.05, 0.1) is 18.8 Å². The van der Waals surface area contributed by atoms with Crippen molar-refractivity contribution in [1.82, 2.24) is 10.2 Å². The lowest BCUT2D eigenvalue weighted by molar-refractivity contribution is -0.0390. The predicted molar refractivity (Wildman–Crippen MR) is 74.8 cm³/mol. The van der Waals surface area contributed by atoms with E-state index in [2.05, 4.69) is 24.2 Å². The van der Waals surface area contributed by atoms with E-state index in [0.29, 0.717) is 5.56 Å². The molecule has 1 saturated heterocycles. The van der Waals surface area contributed by atoms with Crippen molar-refractivity contribution in [1.29, 1.82) is 0 Å². The number of aryl methyl sites for hydroxylation is 1. The maximum Gasteiger partial charge on any atom is 0.126 e. The van der Waals surface area contributed by atoms with Crippen LogP contribution >= 0.6 is 0 Å². The van der Waals surface area contributed by atoms with Gasteiger partial charge >= 0.3 is 0 Å². The van der Waals surface area contributed by atoms with E-state index in [1.54, 1.807) is 13.0 Å². The van der Waals surface area contributed by atoms with E-state index in [-0.39, 0.29) is 18.0 Å². The van der Waals surface area contributed by atoms with Gasteiger partial charge in [-0.2, -0.15) is 0 Å². The van der Waals surface area contributed by atoms with E-state index in [9.17, 15) is 4.39 Å². The number of likely N-dealkylation sites (N-methyl/N-ethyl adjacent to an activating group) is 2. The van der Waals surface area contributed by atoms with Crippen LogP contribution in [0.4, 0.5) is 4.39 Å². The van der Waals surface area contributed by atoms with Gasteiger partial charge in [-0.1, -0.05) is 19.1 Å². The van der Waals surface area contributed by atoms with Crippen LogP contribution in [0.5, 0.6) is 0 Å². The summed E-state index contributed by atoms with van der Waals surface area (Å²) in [6.45, 7) is 7.24. The molecular formula is C15H23FN2O. The van der Waals surface area contributed by atoms with E-state index >= 15 is 0 Å². The molecule has 1 N–H and O–H groups in total. The van der Waals surface area contributed by atoms with Crippen molar-refractivity contribution < 1.29 is 9.13 Å². The van der Waals surface area contributed by atoms with E-state index < -0.39 is 0 Å². The van der Waals surface area contributed by atoms with Gasteiger partial charge in [-0.25, -0.2) is 4.39 Å².